The first-order chi connectivity index (χ1) is 14.5. The first-order valence-electron chi connectivity index (χ1n) is 9.36. The van der Waals surface area contributed by atoms with Crippen molar-refractivity contribution in [1.29, 1.82) is 0 Å². The molecule has 0 saturated carbocycles. The Morgan fingerprint density at radius 2 is 1.48 bits per heavy atom. The van der Waals surface area contributed by atoms with E-state index in [9.17, 15) is 35.9 Å². The summed E-state index contributed by atoms with van der Waals surface area (Å²) in [5.41, 5.74) is 0.0103. The largest absolute Gasteiger partial charge is 0.416 e. The molecule has 0 aliphatic carbocycles. The molecule has 1 aliphatic rings. The zero-order chi connectivity index (χ0) is 22.8. The van der Waals surface area contributed by atoms with Crippen LogP contribution in [0.25, 0.3) is 0 Å². The fourth-order valence-corrected chi connectivity index (χ4v) is 3.42. The van der Waals surface area contributed by atoms with Gasteiger partial charge in [0.25, 0.3) is 0 Å². The molecule has 31 heavy (non-hydrogen) atoms. The van der Waals surface area contributed by atoms with Crippen LogP contribution in [0.3, 0.4) is 0 Å². The minimum atomic E-state index is -4.61. The molecule has 1 fully saturated rings. The summed E-state index contributed by atoms with van der Waals surface area (Å²) in [5.74, 6) is -3.17. The SMILES string of the molecule is O=C(NC(c1ccccc1)c1ccc(C(F)(F)F)cc1)C1CCC(C(F)(F)F)NC1=O. The molecule has 2 aromatic carbocycles. The van der Waals surface area contributed by atoms with Gasteiger partial charge in [-0.3, -0.25) is 9.59 Å². The second-order valence-electron chi connectivity index (χ2n) is 7.20. The average Bonchev–Trinajstić information content (AvgIpc) is 2.71. The number of benzene rings is 2. The minimum Gasteiger partial charge on any atom is -0.344 e. The number of carbonyl (C=O) groups is 2. The van der Waals surface area contributed by atoms with Gasteiger partial charge in [-0.1, -0.05) is 42.5 Å². The van der Waals surface area contributed by atoms with E-state index in [1.807, 2.05) is 5.32 Å². The maximum absolute atomic E-state index is 12.9. The van der Waals surface area contributed by atoms with Crippen molar-refractivity contribution >= 4 is 11.8 Å². The summed E-state index contributed by atoms with van der Waals surface area (Å²) in [4.78, 5) is 24.8. The van der Waals surface area contributed by atoms with Gasteiger partial charge in [0.05, 0.1) is 11.6 Å². The van der Waals surface area contributed by atoms with E-state index in [1.165, 1.54) is 12.1 Å². The quantitative estimate of drug-likeness (QED) is 0.544. The van der Waals surface area contributed by atoms with Crippen molar-refractivity contribution in [2.45, 2.75) is 37.3 Å². The molecule has 2 N–H and O–H groups in total. The van der Waals surface area contributed by atoms with E-state index < -0.39 is 54.2 Å². The molecule has 1 saturated heterocycles. The van der Waals surface area contributed by atoms with Crippen LogP contribution >= 0.6 is 0 Å². The summed E-state index contributed by atoms with van der Waals surface area (Å²) in [6, 6.07) is 9.60. The monoisotopic (exact) mass is 444 g/mol. The van der Waals surface area contributed by atoms with Crippen molar-refractivity contribution in [2.24, 2.45) is 5.92 Å². The number of nitrogens with one attached hydrogen (secondary N) is 2. The number of carbonyl (C=O) groups excluding carboxylic acids is 2. The van der Waals surface area contributed by atoms with E-state index in [0.717, 1.165) is 12.1 Å². The molecule has 3 atom stereocenters. The number of hydrogen-bond donors (Lipinski definition) is 2. The normalized spacial score (nSPS) is 20.6. The topological polar surface area (TPSA) is 58.2 Å². The van der Waals surface area contributed by atoms with Gasteiger partial charge in [0.2, 0.25) is 11.8 Å². The first kappa shape index (κ1) is 22.6. The van der Waals surface area contributed by atoms with E-state index in [-0.39, 0.29) is 6.42 Å². The van der Waals surface area contributed by atoms with Gasteiger partial charge in [-0.05, 0) is 36.1 Å². The highest BCUT2D eigenvalue weighted by Gasteiger charge is 2.46. The molecule has 4 nitrogen and oxygen atoms in total. The third-order valence-electron chi connectivity index (χ3n) is 5.08. The summed E-state index contributed by atoms with van der Waals surface area (Å²) in [6.07, 6.45) is -9.87. The Labute approximate surface area is 173 Å². The summed E-state index contributed by atoms with van der Waals surface area (Å²) in [5, 5.41) is 4.41. The molecule has 1 heterocycles. The Bertz CT molecular complexity index is 926. The smallest absolute Gasteiger partial charge is 0.344 e. The maximum Gasteiger partial charge on any atom is 0.416 e. The predicted molar refractivity (Wildman–Crippen MR) is 98.6 cm³/mol. The molecule has 2 aromatic rings. The highest BCUT2D eigenvalue weighted by molar-refractivity contribution is 6.01. The van der Waals surface area contributed by atoms with Gasteiger partial charge in [-0.2, -0.15) is 26.3 Å². The van der Waals surface area contributed by atoms with Gasteiger partial charge in [-0.15, -0.1) is 0 Å². The number of piperidine rings is 1. The summed E-state index contributed by atoms with van der Waals surface area (Å²) >= 11 is 0. The lowest BCUT2D eigenvalue weighted by molar-refractivity contribution is -0.171. The number of hydrogen-bond acceptors (Lipinski definition) is 2. The van der Waals surface area contributed by atoms with Crippen molar-refractivity contribution in [2.75, 3.05) is 0 Å². The van der Waals surface area contributed by atoms with E-state index in [2.05, 4.69) is 5.32 Å². The van der Waals surface area contributed by atoms with Gasteiger partial charge in [0.15, 0.2) is 0 Å². The van der Waals surface area contributed by atoms with Gasteiger partial charge < -0.3 is 10.6 Å². The molecular weight excluding hydrogens is 426 g/mol. The van der Waals surface area contributed by atoms with Gasteiger partial charge in [0, 0.05) is 0 Å². The fourth-order valence-electron chi connectivity index (χ4n) is 3.42. The van der Waals surface area contributed by atoms with Crippen LogP contribution in [0.15, 0.2) is 54.6 Å². The molecule has 2 amide bonds. The zero-order valence-electron chi connectivity index (χ0n) is 15.9. The average molecular weight is 444 g/mol. The van der Waals surface area contributed by atoms with Crippen LogP contribution in [0, 0.1) is 5.92 Å². The second kappa shape index (κ2) is 8.60. The summed E-state index contributed by atoms with van der Waals surface area (Å²) < 4.78 is 77.0. The maximum atomic E-state index is 12.9. The molecule has 3 unspecified atom stereocenters. The third kappa shape index (κ3) is 5.36. The first-order valence-corrected chi connectivity index (χ1v) is 9.36. The highest BCUT2D eigenvalue weighted by atomic mass is 19.4. The lowest BCUT2D eigenvalue weighted by Crippen LogP contribution is -2.54. The van der Waals surface area contributed by atoms with Crippen molar-refractivity contribution in [1.82, 2.24) is 10.6 Å². The predicted octanol–water partition coefficient (Wildman–Crippen LogP) is 4.37. The van der Waals surface area contributed by atoms with Crippen LogP contribution in [0.1, 0.15) is 35.6 Å². The Kier molecular flexibility index (Phi) is 6.28. The molecule has 3 rings (SSSR count). The standard InChI is InChI=1S/C21H18F6N2O2/c22-20(23,24)14-8-6-13(7-9-14)17(12-4-2-1-3-5-12)29-19(31)15-10-11-16(21(25,26)27)28-18(15)30/h1-9,15-17H,10-11H2,(H,28,30)(H,29,31). The summed E-state index contributed by atoms with van der Waals surface area (Å²) in [7, 11) is 0. The van der Waals surface area contributed by atoms with Crippen LogP contribution in [0.5, 0.6) is 0 Å². The van der Waals surface area contributed by atoms with Crippen molar-refractivity contribution in [3.63, 3.8) is 0 Å². The van der Waals surface area contributed by atoms with E-state index in [4.69, 9.17) is 0 Å². The lowest BCUT2D eigenvalue weighted by atomic mass is 9.91. The molecule has 166 valence electrons. The van der Waals surface area contributed by atoms with Crippen LogP contribution in [-0.2, 0) is 15.8 Å². The number of amides is 2. The molecule has 0 spiro atoms. The van der Waals surface area contributed by atoms with E-state index in [1.54, 1.807) is 30.3 Å². The van der Waals surface area contributed by atoms with Gasteiger partial charge >= 0.3 is 12.4 Å². The molecule has 1 aliphatic heterocycles. The highest BCUT2D eigenvalue weighted by Crippen LogP contribution is 2.32. The van der Waals surface area contributed by atoms with Crippen LogP contribution in [0.4, 0.5) is 26.3 Å². The second-order valence-corrected chi connectivity index (χ2v) is 7.20. The Morgan fingerprint density at radius 3 is 2.00 bits per heavy atom. The van der Waals surface area contributed by atoms with Gasteiger partial charge in [-0.25, -0.2) is 0 Å². The van der Waals surface area contributed by atoms with Crippen molar-refractivity contribution < 1.29 is 35.9 Å². The number of halogens is 6. The number of alkyl halides is 6. The van der Waals surface area contributed by atoms with E-state index in [0.29, 0.717) is 11.1 Å². The van der Waals surface area contributed by atoms with Crippen molar-refractivity contribution in [3.05, 3.63) is 71.3 Å². The summed E-state index contributed by atoms with van der Waals surface area (Å²) in [6.45, 7) is 0. The van der Waals surface area contributed by atoms with E-state index >= 15 is 0 Å². The Hall–Kier alpha value is -3.04. The zero-order valence-corrected chi connectivity index (χ0v) is 15.9. The van der Waals surface area contributed by atoms with Gasteiger partial charge in [0.1, 0.15) is 12.0 Å². The fraction of sp³-hybridized carbons (Fsp3) is 0.333. The minimum absolute atomic E-state index is 0.295. The Balaban J connectivity index is 1.82. The molecule has 0 bridgehead atoms. The molecule has 10 heteroatoms. The van der Waals surface area contributed by atoms with Crippen molar-refractivity contribution in [3.8, 4) is 0 Å². The van der Waals surface area contributed by atoms with Crippen LogP contribution < -0.4 is 10.6 Å². The number of rotatable bonds is 4. The molecule has 0 aromatic heterocycles. The lowest BCUT2D eigenvalue weighted by Gasteiger charge is -2.31. The third-order valence-corrected chi connectivity index (χ3v) is 5.08. The van der Waals surface area contributed by atoms with Crippen LogP contribution in [-0.4, -0.2) is 24.0 Å². The Morgan fingerprint density at radius 1 is 0.903 bits per heavy atom. The molecule has 0 radical (unpaired) electrons. The molecular formula is C21H18F6N2O2. The van der Waals surface area contributed by atoms with Crippen LogP contribution in [0.2, 0.25) is 0 Å².